The van der Waals surface area contributed by atoms with Crippen molar-refractivity contribution in [3.8, 4) is 6.07 Å². The Morgan fingerprint density at radius 3 is 2.88 bits per heavy atom. The van der Waals surface area contributed by atoms with Crippen molar-refractivity contribution >= 4 is 0 Å². The molecule has 0 saturated carbocycles. The van der Waals surface area contributed by atoms with Gasteiger partial charge in [-0.05, 0) is 38.8 Å². The lowest BCUT2D eigenvalue weighted by atomic mass is 9.91. The highest BCUT2D eigenvalue weighted by Gasteiger charge is 2.38. The van der Waals surface area contributed by atoms with E-state index in [4.69, 9.17) is 14.7 Å². The van der Waals surface area contributed by atoms with Crippen molar-refractivity contribution < 1.29 is 9.47 Å². The summed E-state index contributed by atoms with van der Waals surface area (Å²) >= 11 is 0. The van der Waals surface area contributed by atoms with Crippen LogP contribution in [0.2, 0.25) is 0 Å². The van der Waals surface area contributed by atoms with Crippen molar-refractivity contribution in [2.45, 2.75) is 44.5 Å². The van der Waals surface area contributed by atoms with Crippen LogP contribution in [0.25, 0.3) is 0 Å². The minimum Gasteiger partial charge on any atom is -0.347 e. The number of rotatable bonds is 3. The molecule has 2 fully saturated rings. The van der Waals surface area contributed by atoms with Crippen LogP contribution < -0.4 is 5.32 Å². The summed E-state index contributed by atoms with van der Waals surface area (Å²) in [5, 5.41) is 12.0. The Kier molecular flexibility index (Phi) is 3.80. The van der Waals surface area contributed by atoms with E-state index < -0.39 is 5.79 Å². The van der Waals surface area contributed by atoms with Gasteiger partial charge in [0, 0.05) is 6.42 Å². The number of nitrogens with one attached hydrogen (secondary N) is 1. The number of hydrogen-bond acceptors (Lipinski definition) is 4. The maximum Gasteiger partial charge on any atom is 0.166 e. The molecule has 0 aromatic heterocycles. The molecule has 0 aromatic rings. The predicted molar refractivity (Wildman–Crippen MR) is 59.7 cm³/mol. The number of nitriles is 1. The third-order valence-electron chi connectivity index (χ3n) is 3.43. The van der Waals surface area contributed by atoms with E-state index in [0.29, 0.717) is 18.9 Å². The van der Waals surface area contributed by atoms with Crippen LogP contribution in [0.5, 0.6) is 0 Å². The Balaban J connectivity index is 1.82. The fraction of sp³-hybridized carbons (Fsp3) is 0.917. The highest BCUT2D eigenvalue weighted by Crippen LogP contribution is 2.33. The van der Waals surface area contributed by atoms with Crippen LogP contribution in [0.15, 0.2) is 0 Å². The van der Waals surface area contributed by atoms with Gasteiger partial charge in [-0.1, -0.05) is 0 Å². The second-order valence-corrected chi connectivity index (χ2v) is 4.94. The molecule has 90 valence electrons. The standard InChI is InChI=1S/C12H20N2O2/c1-12(8-10-3-6-14-7-4-10)15-9-11(16-12)2-5-13/h10-11,14H,2-4,6-9H2,1H3. The van der Waals surface area contributed by atoms with Crippen molar-refractivity contribution in [3.63, 3.8) is 0 Å². The number of piperidine rings is 1. The summed E-state index contributed by atoms with van der Waals surface area (Å²) in [6, 6.07) is 2.14. The first-order valence-electron chi connectivity index (χ1n) is 6.11. The molecule has 0 bridgehead atoms. The van der Waals surface area contributed by atoms with Crippen molar-refractivity contribution in [1.29, 1.82) is 5.26 Å². The van der Waals surface area contributed by atoms with Gasteiger partial charge in [-0.2, -0.15) is 5.26 Å². The molecule has 0 spiro atoms. The molecule has 1 N–H and O–H groups in total. The third kappa shape index (κ3) is 2.94. The van der Waals surface area contributed by atoms with E-state index in [9.17, 15) is 0 Å². The summed E-state index contributed by atoms with van der Waals surface area (Å²) in [7, 11) is 0. The van der Waals surface area contributed by atoms with Gasteiger partial charge in [-0.15, -0.1) is 0 Å². The van der Waals surface area contributed by atoms with Crippen molar-refractivity contribution in [3.05, 3.63) is 0 Å². The molecule has 4 heteroatoms. The molecule has 0 aromatic carbocycles. The molecular formula is C12H20N2O2. The molecule has 0 aliphatic carbocycles. The highest BCUT2D eigenvalue weighted by molar-refractivity contribution is 4.85. The summed E-state index contributed by atoms with van der Waals surface area (Å²) in [6.07, 6.45) is 3.76. The fourth-order valence-electron chi connectivity index (χ4n) is 2.61. The van der Waals surface area contributed by atoms with Crippen LogP contribution in [0, 0.1) is 17.2 Å². The van der Waals surface area contributed by atoms with E-state index in [1.807, 2.05) is 6.92 Å². The topological polar surface area (TPSA) is 54.3 Å². The van der Waals surface area contributed by atoms with Crippen LogP contribution in [0.3, 0.4) is 0 Å². The average Bonchev–Trinajstić information content (AvgIpc) is 2.62. The maximum atomic E-state index is 8.62. The Morgan fingerprint density at radius 1 is 1.44 bits per heavy atom. The van der Waals surface area contributed by atoms with Crippen LogP contribution in [0.1, 0.15) is 32.6 Å². The Hall–Kier alpha value is -0.630. The van der Waals surface area contributed by atoms with Gasteiger partial charge in [0.15, 0.2) is 5.79 Å². The third-order valence-corrected chi connectivity index (χ3v) is 3.43. The average molecular weight is 224 g/mol. The first kappa shape index (κ1) is 11.8. The highest BCUT2D eigenvalue weighted by atomic mass is 16.7. The van der Waals surface area contributed by atoms with E-state index >= 15 is 0 Å². The van der Waals surface area contributed by atoms with Crippen LogP contribution >= 0.6 is 0 Å². The molecular weight excluding hydrogens is 204 g/mol. The van der Waals surface area contributed by atoms with Gasteiger partial charge in [-0.25, -0.2) is 0 Å². The van der Waals surface area contributed by atoms with Gasteiger partial charge in [0.25, 0.3) is 0 Å². The Labute approximate surface area is 96.9 Å². The molecule has 2 saturated heterocycles. The van der Waals surface area contributed by atoms with E-state index in [1.165, 1.54) is 12.8 Å². The molecule has 2 unspecified atom stereocenters. The van der Waals surface area contributed by atoms with E-state index in [1.54, 1.807) is 0 Å². The summed E-state index contributed by atoms with van der Waals surface area (Å²) in [6.45, 7) is 4.77. The quantitative estimate of drug-likeness (QED) is 0.787. The summed E-state index contributed by atoms with van der Waals surface area (Å²) < 4.78 is 11.5. The van der Waals surface area contributed by atoms with Crippen LogP contribution in [0.4, 0.5) is 0 Å². The van der Waals surface area contributed by atoms with Gasteiger partial charge >= 0.3 is 0 Å². The summed E-state index contributed by atoms with van der Waals surface area (Å²) in [4.78, 5) is 0. The number of hydrogen-bond donors (Lipinski definition) is 1. The van der Waals surface area contributed by atoms with Crippen LogP contribution in [-0.4, -0.2) is 31.6 Å². The molecule has 2 aliphatic rings. The minimum absolute atomic E-state index is 0.0308. The lowest BCUT2D eigenvalue weighted by molar-refractivity contribution is -0.166. The first-order valence-corrected chi connectivity index (χ1v) is 6.11. The Morgan fingerprint density at radius 2 is 2.19 bits per heavy atom. The SMILES string of the molecule is CC1(CC2CCNCC2)OCC(CC#N)O1. The molecule has 0 radical (unpaired) electrons. The van der Waals surface area contributed by atoms with Crippen LogP contribution in [-0.2, 0) is 9.47 Å². The first-order chi connectivity index (χ1) is 7.72. The zero-order valence-electron chi connectivity index (χ0n) is 9.87. The van der Waals surface area contributed by atoms with E-state index in [0.717, 1.165) is 19.5 Å². The molecule has 2 atom stereocenters. The molecule has 16 heavy (non-hydrogen) atoms. The smallest absolute Gasteiger partial charge is 0.166 e. The minimum atomic E-state index is -0.455. The fourth-order valence-corrected chi connectivity index (χ4v) is 2.61. The zero-order valence-corrected chi connectivity index (χ0v) is 9.87. The van der Waals surface area contributed by atoms with Gasteiger partial charge < -0.3 is 14.8 Å². The monoisotopic (exact) mass is 224 g/mol. The van der Waals surface area contributed by atoms with E-state index in [-0.39, 0.29) is 6.10 Å². The number of nitrogens with zero attached hydrogens (tertiary/aromatic N) is 1. The zero-order chi connectivity index (χ0) is 11.4. The van der Waals surface area contributed by atoms with Gasteiger partial charge in [0.05, 0.1) is 25.2 Å². The number of ether oxygens (including phenoxy) is 2. The van der Waals surface area contributed by atoms with Gasteiger partial charge in [0.1, 0.15) is 0 Å². The lowest BCUT2D eigenvalue weighted by Gasteiger charge is -2.30. The van der Waals surface area contributed by atoms with Crippen molar-refractivity contribution in [1.82, 2.24) is 5.32 Å². The predicted octanol–water partition coefficient (Wildman–Crippen LogP) is 1.42. The lowest BCUT2D eigenvalue weighted by Crippen LogP contribution is -2.35. The van der Waals surface area contributed by atoms with Gasteiger partial charge in [-0.3, -0.25) is 0 Å². The second-order valence-electron chi connectivity index (χ2n) is 4.94. The molecule has 4 nitrogen and oxygen atoms in total. The van der Waals surface area contributed by atoms with Crippen molar-refractivity contribution in [2.24, 2.45) is 5.92 Å². The molecule has 2 aliphatic heterocycles. The second kappa shape index (κ2) is 5.13. The van der Waals surface area contributed by atoms with Crippen molar-refractivity contribution in [2.75, 3.05) is 19.7 Å². The molecule has 2 heterocycles. The largest absolute Gasteiger partial charge is 0.347 e. The Bertz CT molecular complexity index is 271. The molecule has 0 amide bonds. The normalized spacial score (nSPS) is 36.1. The molecule has 2 rings (SSSR count). The summed E-state index contributed by atoms with van der Waals surface area (Å²) in [5.41, 5.74) is 0. The maximum absolute atomic E-state index is 8.62. The van der Waals surface area contributed by atoms with Gasteiger partial charge in [0.2, 0.25) is 0 Å². The van der Waals surface area contributed by atoms with E-state index in [2.05, 4.69) is 11.4 Å². The summed E-state index contributed by atoms with van der Waals surface area (Å²) in [5.74, 6) is 0.232.